The van der Waals surface area contributed by atoms with E-state index in [2.05, 4.69) is 4.98 Å². The number of carbonyl (C=O) groups is 1. The van der Waals surface area contributed by atoms with Crippen LogP contribution >= 0.6 is 0 Å². The second-order valence-corrected chi connectivity index (χ2v) is 12.2. The maximum Gasteiger partial charge on any atom is 0.410 e. The first kappa shape index (κ1) is 27.2. The standard InChI is InChI=1S/C26H31F3N2O5S/c1-18(2)35-24(32)31-12-9-25(10-13-31)8-7-21-15-20(4-6-23(21)36-25)22-5-3-19(16-30-22)17-37(33,34)14-11-26(27,28)29/h3-6,15-16,18H,7-14,17H2,1-2H3. The summed E-state index contributed by atoms with van der Waals surface area (Å²) in [4.78, 5) is 18.3. The van der Waals surface area contributed by atoms with Crippen LogP contribution in [0.15, 0.2) is 36.5 Å². The van der Waals surface area contributed by atoms with E-state index in [0.29, 0.717) is 24.3 Å². The van der Waals surface area contributed by atoms with Crippen molar-refractivity contribution in [2.24, 2.45) is 0 Å². The fourth-order valence-electron chi connectivity index (χ4n) is 4.68. The molecule has 2 aromatic rings. The highest BCUT2D eigenvalue weighted by Crippen LogP contribution is 2.40. The summed E-state index contributed by atoms with van der Waals surface area (Å²) in [5.74, 6) is -0.617. The summed E-state index contributed by atoms with van der Waals surface area (Å²) in [7, 11) is -3.89. The summed E-state index contributed by atoms with van der Waals surface area (Å²) < 4.78 is 72.9. The van der Waals surface area contributed by atoms with Crippen molar-refractivity contribution >= 4 is 15.9 Å². The third-order valence-electron chi connectivity index (χ3n) is 6.71. The van der Waals surface area contributed by atoms with Gasteiger partial charge in [0.15, 0.2) is 9.84 Å². The average Bonchev–Trinajstić information content (AvgIpc) is 2.82. The fourth-order valence-corrected chi connectivity index (χ4v) is 6.05. The lowest BCUT2D eigenvalue weighted by atomic mass is 9.83. The van der Waals surface area contributed by atoms with Crippen molar-refractivity contribution in [3.63, 3.8) is 0 Å². The van der Waals surface area contributed by atoms with Gasteiger partial charge in [0, 0.05) is 37.7 Å². The van der Waals surface area contributed by atoms with E-state index in [4.69, 9.17) is 9.47 Å². The van der Waals surface area contributed by atoms with Gasteiger partial charge < -0.3 is 14.4 Å². The number of hydrogen-bond donors (Lipinski definition) is 0. The molecule has 4 rings (SSSR count). The highest BCUT2D eigenvalue weighted by Gasteiger charge is 2.41. The van der Waals surface area contributed by atoms with E-state index in [-0.39, 0.29) is 17.8 Å². The van der Waals surface area contributed by atoms with Crippen molar-refractivity contribution in [3.05, 3.63) is 47.7 Å². The van der Waals surface area contributed by atoms with E-state index in [1.54, 1.807) is 17.0 Å². The molecule has 7 nitrogen and oxygen atoms in total. The predicted molar refractivity (Wildman–Crippen MR) is 132 cm³/mol. The number of ether oxygens (including phenoxy) is 2. The van der Waals surface area contributed by atoms with Crippen LogP contribution in [0.3, 0.4) is 0 Å². The van der Waals surface area contributed by atoms with Gasteiger partial charge >= 0.3 is 12.3 Å². The molecule has 1 amide bonds. The molecule has 1 saturated heterocycles. The first-order chi connectivity index (χ1) is 17.3. The smallest absolute Gasteiger partial charge is 0.410 e. The summed E-state index contributed by atoms with van der Waals surface area (Å²) in [6.07, 6.45) is -1.81. The lowest BCUT2D eigenvalue weighted by molar-refractivity contribution is -0.129. The van der Waals surface area contributed by atoms with Gasteiger partial charge in [-0.2, -0.15) is 13.2 Å². The molecule has 0 atom stereocenters. The molecule has 0 saturated carbocycles. The number of sulfone groups is 1. The molecule has 1 spiro atoms. The number of fused-ring (bicyclic) bond motifs is 1. The summed E-state index contributed by atoms with van der Waals surface area (Å²) in [5, 5.41) is 0. The molecule has 1 aromatic heterocycles. The van der Waals surface area contributed by atoms with Crippen molar-refractivity contribution in [3.8, 4) is 17.0 Å². The Balaban J connectivity index is 1.38. The number of benzene rings is 1. The second-order valence-electron chi connectivity index (χ2n) is 10.0. The highest BCUT2D eigenvalue weighted by molar-refractivity contribution is 7.90. The maximum absolute atomic E-state index is 12.4. The number of piperidine rings is 1. The molecule has 2 aliphatic heterocycles. The van der Waals surface area contributed by atoms with E-state index in [1.807, 2.05) is 32.0 Å². The van der Waals surface area contributed by atoms with Crippen LogP contribution in [-0.4, -0.2) is 61.1 Å². The van der Waals surface area contributed by atoms with E-state index < -0.39 is 33.9 Å². The van der Waals surface area contributed by atoms with Crippen LogP contribution in [0.5, 0.6) is 5.75 Å². The Kier molecular flexibility index (Phi) is 7.73. The number of nitrogens with zero attached hydrogens (tertiary/aromatic N) is 2. The molecule has 202 valence electrons. The number of carbonyl (C=O) groups excluding carboxylic acids is 1. The number of pyridine rings is 1. The minimum atomic E-state index is -4.51. The van der Waals surface area contributed by atoms with E-state index in [0.717, 1.165) is 42.6 Å². The lowest BCUT2D eigenvalue weighted by Crippen LogP contribution is -2.51. The molecule has 11 heteroatoms. The first-order valence-electron chi connectivity index (χ1n) is 12.3. The maximum atomic E-state index is 12.4. The molecule has 0 radical (unpaired) electrons. The van der Waals surface area contributed by atoms with Crippen LogP contribution in [-0.2, 0) is 26.7 Å². The summed E-state index contributed by atoms with van der Waals surface area (Å²) in [5.41, 5.74) is 2.57. The Morgan fingerprint density at radius 1 is 1.16 bits per heavy atom. The molecule has 1 aromatic carbocycles. The number of likely N-dealkylation sites (tertiary alicyclic amines) is 1. The average molecular weight is 541 g/mol. The predicted octanol–water partition coefficient (Wildman–Crippen LogP) is 5.32. The molecular weight excluding hydrogens is 509 g/mol. The number of alkyl halides is 3. The van der Waals surface area contributed by atoms with Crippen molar-refractivity contribution in [2.45, 2.75) is 69.6 Å². The number of aromatic nitrogens is 1. The fraction of sp³-hybridized carbons (Fsp3) is 0.538. The molecule has 3 heterocycles. The normalized spacial score (nSPS) is 17.4. The number of hydrogen-bond acceptors (Lipinski definition) is 6. The molecule has 0 bridgehead atoms. The Morgan fingerprint density at radius 3 is 2.51 bits per heavy atom. The van der Waals surface area contributed by atoms with Gasteiger partial charge in [-0.05, 0) is 62.1 Å². The summed E-state index contributed by atoms with van der Waals surface area (Å²) >= 11 is 0. The molecule has 0 unspecified atom stereocenters. The van der Waals surface area contributed by atoms with Crippen molar-refractivity contribution in [1.29, 1.82) is 0 Å². The van der Waals surface area contributed by atoms with Crippen LogP contribution in [0.25, 0.3) is 11.3 Å². The molecule has 0 N–H and O–H groups in total. The van der Waals surface area contributed by atoms with Crippen LogP contribution < -0.4 is 4.74 Å². The first-order valence-corrected chi connectivity index (χ1v) is 14.2. The summed E-state index contributed by atoms with van der Waals surface area (Å²) in [6, 6.07) is 9.04. The van der Waals surface area contributed by atoms with E-state index >= 15 is 0 Å². The Morgan fingerprint density at radius 2 is 1.89 bits per heavy atom. The number of halogens is 3. The largest absolute Gasteiger partial charge is 0.487 e. The van der Waals surface area contributed by atoms with Crippen molar-refractivity contribution in [2.75, 3.05) is 18.8 Å². The quantitative estimate of drug-likeness (QED) is 0.493. The van der Waals surface area contributed by atoms with Crippen LogP contribution in [0.4, 0.5) is 18.0 Å². The molecular formula is C26H31F3N2O5S. The third kappa shape index (κ3) is 7.15. The zero-order valence-corrected chi connectivity index (χ0v) is 21.7. The van der Waals surface area contributed by atoms with Gasteiger partial charge in [-0.15, -0.1) is 0 Å². The molecule has 0 aliphatic carbocycles. The molecule has 37 heavy (non-hydrogen) atoms. The van der Waals surface area contributed by atoms with Crippen molar-refractivity contribution in [1.82, 2.24) is 9.88 Å². The second kappa shape index (κ2) is 10.5. The summed E-state index contributed by atoms with van der Waals surface area (Å²) in [6.45, 7) is 4.83. The van der Waals surface area contributed by atoms with E-state index in [1.165, 1.54) is 6.20 Å². The van der Waals surface area contributed by atoms with Gasteiger partial charge in [0.1, 0.15) is 11.4 Å². The number of aryl methyl sites for hydroxylation is 1. The minimum Gasteiger partial charge on any atom is -0.487 e. The minimum absolute atomic E-state index is 0.155. The zero-order chi connectivity index (χ0) is 26.8. The van der Waals surface area contributed by atoms with Gasteiger partial charge in [0.2, 0.25) is 0 Å². The highest BCUT2D eigenvalue weighted by atomic mass is 32.2. The Labute approximate surface area is 214 Å². The number of amides is 1. The molecule has 1 fully saturated rings. The SMILES string of the molecule is CC(C)OC(=O)N1CCC2(CCc3cc(-c4ccc(CS(=O)(=O)CCC(F)(F)F)cn4)ccc3O2)CC1. The van der Waals surface area contributed by atoms with E-state index in [9.17, 15) is 26.4 Å². The lowest BCUT2D eigenvalue weighted by Gasteiger charge is -2.44. The topological polar surface area (TPSA) is 85.8 Å². The van der Waals surface area contributed by atoms with Gasteiger partial charge in [-0.25, -0.2) is 13.2 Å². The Bertz CT molecular complexity index is 1220. The monoisotopic (exact) mass is 540 g/mol. The van der Waals surface area contributed by atoms with Crippen LogP contribution in [0.2, 0.25) is 0 Å². The third-order valence-corrected chi connectivity index (χ3v) is 8.31. The van der Waals surface area contributed by atoms with Crippen LogP contribution in [0.1, 0.15) is 50.7 Å². The number of rotatable bonds is 6. The molecule has 2 aliphatic rings. The van der Waals surface area contributed by atoms with Gasteiger partial charge in [-0.3, -0.25) is 4.98 Å². The van der Waals surface area contributed by atoms with Crippen LogP contribution in [0, 0.1) is 0 Å². The van der Waals surface area contributed by atoms with Gasteiger partial charge in [0.25, 0.3) is 0 Å². The zero-order valence-electron chi connectivity index (χ0n) is 20.9. The van der Waals surface area contributed by atoms with Crippen molar-refractivity contribution < 1.29 is 35.9 Å². The van der Waals surface area contributed by atoms with Gasteiger partial charge in [0.05, 0.1) is 29.7 Å². The van der Waals surface area contributed by atoms with Gasteiger partial charge in [-0.1, -0.05) is 6.07 Å². The Hall–Kier alpha value is -2.82.